The molecule has 1 heterocycles. The lowest BCUT2D eigenvalue weighted by atomic mass is 9.99. The minimum Gasteiger partial charge on any atom is -0.382 e. The molecular formula is C17H26N2O3. The zero-order chi connectivity index (χ0) is 15.9. The van der Waals surface area contributed by atoms with Gasteiger partial charge in [0.25, 0.3) is 0 Å². The summed E-state index contributed by atoms with van der Waals surface area (Å²) >= 11 is 0. The molecule has 122 valence electrons. The fourth-order valence-electron chi connectivity index (χ4n) is 2.64. The maximum Gasteiger partial charge on any atom is 0.317 e. The van der Waals surface area contributed by atoms with Crippen molar-refractivity contribution < 1.29 is 14.3 Å². The molecule has 1 aliphatic heterocycles. The Morgan fingerprint density at radius 2 is 2.36 bits per heavy atom. The molecule has 0 bridgehead atoms. The first kappa shape index (κ1) is 16.8. The predicted octanol–water partition coefficient (Wildman–Crippen LogP) is 2.16. The number of rotatable bonds is 5. The van der Waals surface area contributed by atoms with Crippen LogP contribution < -0.4 is 5.32 Å². The summed E-state index contributed by atoms with van der Waals surface area (Å²) in [4.78, 5) is 14.1. The Hall–Kier alpha value is -1.59. The second-order valence-corrected chi connectivity index (χ2v) is 5.90. The van der Waals surface area contributed by atoms with Gasteiger partial charge in [-0.15, -0.1) is 0 Å². The molecule has 0 aromatic heterocycles. The van der Waals surface area contributed by atoms with Gasteiger partial charge >= 0.3 is 6.03 Å². The predicted molar refractivity (Wildman–Crippen MR) is 86.2 cm³/mol. The van der Waals surface area contributed by atoms with E-state index in [1.165, 1.54) is 11.1 Å². The highest BCUT2D eigenvalue weighted by Crippen LogP contribution is 2.15. The molecule has 0 unspecified atom stereocenters. The molecule has 1 aromatic carbocycles. The molecule has 1 fully saturated rings. The van der Waals surface area contributed by atoms with Crippen molar-refractivity contribution in [1.29, 1.82) is 0 Å². The monoisotopic (exact) mass is 306 g/mol. The number of nitrogens with zero attached hydrogens (tertiary/aromatic N) is 1. The van der Waals surface area contributed by atoms with Crippen molar-refractivity contribution in [3.05, 3.63) is 35.4 Å². The van der Waals surface area contributed by atoms with Crippen LogP contribution in [0.2, 0.25) is 0 Å². The third-order valence-electron chi connectivity index (χ3n) is 3.95. The highest BCUT2D eigenvalue weighted by atomic mass is 16.5. The van der Waals surface area contributed by atoms with Gasteiger partial charge < -0.3 is 19.7 Å². The van der Waals surface area contributed by atoms with Gasteiger partial charge in [0, 0.05) is 20.2 Å². The Morgan fingerprint density at radius 3 is 3.09 bits per heavy atom. The van der Waals surface area contributed by atoms with Crippen LogP contribution in [-0.2, 0) is 9.47 Å². The smallest absolute Gasteiger partial charge is 0.317 e. The maximum absolute atomic E-state index is 12.3. The van der Waals surface area contributed by atoms with Crippen molar-refractivity contribution in [2.45, 2.75) is 25.9 Å². The summed E-state index contributed by atoms with van der Waals surface area (Å²) in [7, 11) is 1.64. The van der Waals surface area contributed by atoms with Gasteiger partial charge in [-0.3, -0.25) is 0 Å². The molecule has 1 aromatic rings. The Labute approximate surface area is 132 Å². The van der Waals surface area contributed by atoms with Crippen LogP contribution in [0, 0.1) is 6.92 Å². The highest BCUT2D eigenvalue weighted by molar-refractivity contribution is 5.74. The van der Waals surface area contributed by atoms with E-state index >= 15 is 0 Å². The Balaban J connectivity index is 1.81. The number of carbonyl (C=O) groups excluding carboxylic acids is 1. The first-order valence-electron chi connectivity index (χ1n) is 7.80. The van der Waals surface area contributed by atoms with E-state index in [9.17, 15) is 4.79 Å². The molecule has 1 aliphatic rings. The van der Waals surface area contributed by atoms with Crippen molar-refractivity contribution in [1.82, 2.24) is 10.2 Å². The molecule has 0 radical (unpaired) electrons. The molecule has 0 spiro atoms. The number of amides is 2. The van der Waals surface area contributed by atoms with E-state index in [0.29, 0.717) is 38.8 Å². The lowest BCUT2D eigenvalue weighted by Gasteiger charge is -2.32. The van der Waals surface area contributed by atoms with Gasteiger partial charge in [-0.05, 0) is 18.4 Å². The Bertz CT molecular complexity index is 491. The van der Waals surface area contributed by atoms with Gasteiger partial charge in [-0.1, -0.05) is 36.8 Å². The van der Waals surface area contributed by atoms with E-state index in [-0.39, 0.29) is 12.1 Å². The van der Waals surface area contributed by atoms with Crippen LogP contribution in [0.25, 0.3) is 0 Å². The van der Waals surface area contributed by atoms with Gasteiger partial charge in [-0.2, -0.15) is 0 Å². The van der Waals surface area contributed by atoms with Crippen molar-refractivity contribution in [3.8, 4) is 0 Å². The average Bonchev–Trinajstić information content (AvgIpc) is 2.53. The molecule has 2 rings (SSSR count). The molecule has 1 saturated heterocycles. The van der Waals surface area contributed by atoms with Crippen LogP contribution in [0.3, 0.4) is 0 Å². The standard InChI is InChI=1S/C17H26N2O3/c1-13-5-4-6-15(9-13)14(2)10-18-17(20)19-7-8-22-16(11-19)12-21-3/h4-6,9,14,16H,7-8,10-12H2,1-3H3,(H,18,20)/t14-,16+/m0/s1. The molecular weight excluding hydrogens is 280 g/mol. The average molecular weight is 306 g/mol. The summed E-state index contributed by atoms with van der Waals surface area (Å²) in [6.45, 7) is 7.14. The fraction of sp³-hybridized carbons (Fsp3) is 0.588. The number of hydrogen-bond donors (Lipinski definition) is 1. The second kappa shape index (κ2) is 8.15. The summed E-state index contributed by atoms with van der Waals surface area (Å²) in [5, 5.41) is 3.02. The molecule has 5 nitrogen and oxygen atoms in total. The summed E-state index contributed by atoms with van der Waals surface area (Å²) in [5.74, 6) is 0.291. The minimum atomic E-state index is -0.0290. The largest absolute Gasteiger partial charge is 0.382 e. The molecule has 2 amide bonds. The number of aryl methyl sites for hydroxylation is 1. The van der Waals surface area contributed by atoms with Gasteiger partial charge in [0.1, 0.15) is 0 Å². The number of hydrogen-bond acceptors (Lipinski definition) is 3. The fourth-order valence-corrected chi connectivity index (χ4v) is 2.64. The Morgan fingerprint density at radius 1 is 1.55 bits per heavy atom. The van der Waals surface area contributed by atoms with Crippen molar-refractivity contribution in [2.75, 3.05) is 40.0 Å². The van der Waals surface area contributed by atoms with E-state index < -0.39 is 0 Å². The van der Waals surface area contributed by atoms with Crippen LogP contribution in [-0.4, -0.2) is 57.0 Å². The van der Waals surface area contributed by atoms with Gasteiger partial charge in [0.2, 0.25) is 0 Å². The number of urea groups is 1. The number of methoxy groups -OCH3 is 1. The molecule has 5 heteroatoms. The van der Waals surface area contributed by atoms with Crippen LogP contribution in [0.1, 0.15) is 24.0 Å². The highest BCUT2D eigenvalue weighted by Gasteiger charge is 2.24. The molecule has 1 N–H and O–H groups in total. The van der Waals surface area contributed by atoms with Crippen LogP contribution >= 0.6 is 0 Å². The van der Waals surface area contributed by atoms with E-state index in [4.69, 9.17) is 9.47 Å². The van der Waals surface area contributed by atoms with Crippen molar-refractivity contribution >= 4 is 6.03 Å². The van der Waals surface area contributed by atoms with E-state index in [0.717, 1.165) is 0 Å². The quantitative estimate of drug-likeness (QED) is 0.907. The third kappa shape index (κ3) is 4.71. The summed E-state index contributed by atoms with van der Waals surface area (Å²) in [6.07, 6.45) is -0.0290. The number of carbonyl (C=O) groups is 1. The van der Waals surface area contributed by atoms with Gasteiger partial charge in [-0.25, -0.2) is 4.79 Å². The van der Waals surface area contributed by atoms with Crippen molar-refractivity contribution in [2.24, 2.45) is 0 Å². The van der Waals surface area contributed by atoms with Crippen LogP contribution in [0.15, 0.2) is 24.3 Å². The van der Waals surface area contributed by atoms with Gasteiger partial charge in [0.05, 0.1) is 25.9 Å². The normalized spacial score (nSPS) is 19.8. The summed E-state index contributed by atoms with van der Waals surface area (Å²) < 4.78 is 10.7. The molecule has 0 aliphatic carbocycles. The Kier molecular flexibility index (Phi) is 6.21. The van der Waals surface area contributed by atoms with Crippen molar-refractivity contribution in [3.63, 3.8) is 0 Å². The SMILES string of the molecule is COC[C@H]1CN(C(=O)NC[C@H](C)c2cccc(C)c2)CCO1. The van der Waals surface area contributed by atoms with E-state index in [2.05, 4.69) is 43.4 Å². The molecule has 22 heavy (non-hydrogen) atoms. The zero-order valence-electron chi connectivity index (χ0n) is 13.7. The number of nitrogens with one attached hydrogen (secondary N) is 1. The first-order chi connectivity index (χ1) is 10.6. The van der Waals surface area contributed by atoms with Crippen LogP contribution in [0.5, 0.6) is 0 Å². The lowest BCUT2D eigenvalue weighted by molar-refractivity contribution is -0.0494. The summed E-state index contributed by atoms with van der Waals surface area (Å²) in [6, 6.07) is 8.38. The second-order valence-electron chi connectivity index (χ2n) is 5.90. The number of benzene rings is 1. The topological polar surface area (TPSA) is 50.8 Å². The first-order valence-corrected chi connectivity index (χ1v) is 7.80. The minimum absolute atomic E-state index is 0.0242. The molecule has 2 atom stereocenters. The molecule has 0 saturated carbocycles. The van der Waals surface area contributed by atoms with E-state index in [1.54, 1.807) is 12.0 Å². The van der Waals surface area contributed by atoms with E-state index in [1.807, 2.05) is 0 Å². The lowest BCUT2D eigenvalue weighted by Crippen LogP contribution is -2.51. The summed E-state index contributed by atoms with van der Waals surface area (Å²) in [5.41, 5.74) is 2.49. The van der Waals surface area contributed by atoms with Crippen LogP contribution in [0.4, 0.5) is 4.79 Å². The maximum atomic E-state index is 12.3. The number of ether oxygens (including phenoxy) is 2. The third-order valence-corrected chi connectivity index (χ3v) is 3.95. The zero-order valence-corrected chi connectivity index (χ0v) is 13.7. The number of morpholine rings is 1. The van der Waals surface area contributed by atoms with Gasteiger partial charge in [0.15, 0.2) is 0 Å².